The third-order valence-corrected chi connectivity index (χ3v) is 2.41. The topological polar surface area (TPSA) is 68.2 Å². The highest BCUT2D eigenvalue weighted by molar-refractivity contribution is 5.54. The van der Waals surface area contributed by atoms with Crippen molar-refractivity contribution in [2.24, 2.45) is 0 Å². The summed E-state index contributed by atoms with van der Waals surface area (Å²) < 4.78 is 16.0. The van der Waals surface area contributed by atoms with Gasteiger partial charge in [-0.25, -0.2) is 0 Å². The summed E-state index contributed by atoms with van der Waals surface area (Å²) in [5.74, 6) is 1.58. The molecule has 1 aliphatic rings. The van der Waals surface area contributed by atoms with Crippen molar-refractivity contribution >= 4 is 0 Å². The third-order valence-electron chi connectivity index (χ3n) is 2.41. The highest BCUT2D eigenvalue weighted by Crippen LogP contribution is 2.41. The summed E-state index contributed by atoms with van der Waals surface area (Å²) in [5.41, 5.74) is 0.545. The normalized spacial score (nSPS) is 15.7. The molecule has 1 aromatic rings. The lowest BCUT2D eigenvalue weighted by atomic mass is 10.1. The Bertz CT molecular complexity index is 360. The van der Waals surface area contributed by atoms with E-state index in [1.807, 2.05) is 0 Å². The van der Waals surface area contributed by atoms with E-state index in [1.54, 1.807) is 12.1 Å². The molecule has 88 valence electrons. The zero-order chi connectivity index (χ0) is 11.5. The molecule has 0 saturated heterocycles. The highest BCUT2D eigenvalue weighted by atomic mass is 16.6. The van der Waals surface area contributed by atoms with Gasteiger partial charge in [-0.15, -0.1) is 0 Å². The van der Waals surface area contributed by atoms with E-state index >= 15 is 0 Å². The van der Waals surface area contributed by atoms with Gasteiger partial charge >= 0.3 is 0 Å². The van der Waals surface area contributed by atoms with Crippen LogP contribution in [0.5, 0.6) is 17.2 Å². The molecule has 1 heterocycles. The first-order valence-electron chi connectivity index (χ1n) is 5.02. The van der Waals surface area contributed by atoms with Crippen molar-refractivity contribution in [2.75, 3.05) is 26.9 Å². The van der Waals surface area contributed by atoms with Crippen LogP contribution in [0.15, 0.2) is 12.1 Å². The molecule has 0 aliphatic carbocycles. The summed E-state index contributed by atoms with van der Waals surface area (Å²) in [6.45, 7) is 0.600. The van der Waals surface area contributed by atoms with Gasteiger partial charge in [-0.3, -0.25) is 0 Å². The molecule has 5 heteroatoms. The van der Waals surface area contributed by atoms with Crippen LogP contribution in [0.2, 0.25) is 0 Å². The smallest absolute Gasteiger partial charge is 0.203 e. The van der Waals surface area contributed by atoms with E-state index in [4.69, 9.17) is 19.3 Å². The van der Waals surface area contributed by atoms with E-state index in [9.17, 15) is 5.11 Å². The van der Waals surface area contributed by atoms with Gasteiger partial charge in [-0.1, -0.05) is 0 Å². The Balaban J connectivity index is 2.43. The summed E-state index contributed by atoms with van der Waals surface area (Å²) in [6.07, 6.45) is -0.940. The van der Waals surface area contributed by atoms with Gasteiger partial charge in [-0.2, -0.15) is 0 Å². The van der Waals surface area contributed by atoms with Gasteiger partial charge < -0.3 is 24.4 Å². The Kier molecular flexibility index (Phi) is 3.17. The van der Waals surface area contributed by atoms with Gasteiger partial charge in [-0.05, 0) is 17.7 Å². The van der Waals surface area contributed by atoms with Crippen LogP contribution < -0.4 is 14.2 Å². The molecule has 0 amide bonds. The van der Waals surface area contributed by atoms with Crippen molar-refractivity contribution in [1.82, 2.24) is 0 Å². The molecular formula is C11H14O5. The summed E-state index contributed by atoms with van der Waals surface area (Å²) in [4.78, 5) is 0. The number of hydrogen-bond acceptors (Lipinski definition) is 5. The van der Waals surface area contributed by atoms with Crippen molar-refractivity contribution in [1.29, 1.82) is 0 Å². The van der Waals surface area contributed by atoms with Crippen molar-refractivity contribution in [3.8, 4) is 17.2 Å². The quantitative estimate of drug-likeness (QED) is 0.785. The van der Waals surface area contributed by atoms with Gasteiger partial charge in [0, 0.05) is 0 Å². The van der Waals surface area contributed by atoms with Crippen LogP contribution in [0.4, 0.5) is 0 Å². The fourth-order valence-electron chi connectivity index (χ4n) is 1.59. The first-order valence-corrected chi connectivity index (χ1v) is 5.02. The van der Waals surface area contributed by atoms with Gasteiger partial charge in [0.15, 0.2) is 11.5 Å². The Morgan fingerprint density at radius 1 is 1.38 bits per heavy atom. The Morgan fingerprint density at radius 2 is 2.12 bits per heavy atom. The van der Waals surface area contributed by atoms with Crippen LogP contribution in [-0.4, -0.2) is 37.1 Å². The maximum atomic E-state index is 9.55. The number of fused-ring (bicyclic) bond motifs is 1. The lowest BCUT2D eigenvalue weighted by molar-refractivity contribution is 0.0943. The molecule has 1 unspecified atom stereocenters. The minimum atomic E-state index is -0.940. The summed E-state index contributed by atoms with van der Waals surface area (Å²) in [7, 11) is 1.52. The lowest BCUT2D eigenvalue weighted by Crippen LogP contribution is -2.16. The fraction of sp³-hybridized carbons (Fsp3) is 0.455. The SMILES string of the molecule is COc1cc(C(O)CO)cc2c1OCCO2. The molecule has 1 aliphatic heterocycles. The number of aliphatic hydroxyl groups is 2. The second-order valence-electron chi connectivity index (χ2n) is 3.45. The highest BCUT2D eigenvalue weighted by Gasteiger charge is 2.20. The number of rotatable bonds is 3. The Morgan fingerprint density at radius 3 is 2.81 bits per heavy atom. The molecular weight excluding hydrogens is 212 g/mol. The average molecular weight is 226 g/mol. The molecule has 0 bridgehead atoms. The maximum absolute atomic E-state index is 9.55. The van der Waals surface area contributed by atoms with E-state index in [1.165, 1.54) is 7.11 Å². The van der Waals surface area contributed by atoms with Gasteiger partial charge in [0.2, 0.25) is 5.75 Å². The van der Waals surface area contributed by atoms with E-state index in [-0.39, 0.29) is 6.61 Å². The minimum absolute atomic E-state index is 0.344. The van der Waals surface area contributed by atoms with Gasteiger partial charge in [0.05, 0.1) is 13.7 Å². The summed E-state index contributed by atoms with van der Waals surface area (Å²) in [5, 5.41) is 18.4. The molecule has 1 atom stereocenters. The monoisotopic (exact) mass is 226 g/mol. The molecule has 1 aromatic carbocycles. The zero-order valence-corrected chi connectivity index (χ0v) is 8.97. The molecule has 0 aromatic heterocycles. The van der Waals surface area contributed by atoms with Crippen molar-refractivity contribution in [3.05, 3.63) is 17.7 Å². The molecule has 0 fully saturated rings. The Labute approximate surface area is 93.2 Å². The zero-order valence-electron chi connectivity index (χ0n) is 8.97. The van der Waals surface area contributed by atoms with Crippen LogP contribution >= 0.6 is 0 Å². The second kappa shape index (κ2) is 4.59. The van der Waals surface area contributed by atoms with E-state index < -0.39 is 6.10 Å². The van der Waals surface area contributed by atoms with E-state index in [0.717, 1.165) is 0 Å². The van der Waals surface area contributed by atoms with Crippen molar-refractivity contribution in [3.63, 3.8) is 0 Å². The predicted octanol–water partition coefficient (Wildman–Crippen LogP) is 0.492. The molecule has 16 heavy (non-hydrogen) atoms. The molecule has 0 radical (unpaired) electrons. The number of ether oxygens (including phenoxy) is 3. The van der Waals surface area contributed by atoms with Crippen LogP contribution in [0, 0.1) is 0 Å². The van der Waals surface area contributed by atoms with Crippen LogP contribution in [0.3, 0.4) is 0 Å². The maximum Gasteiger partial charge on any atom is 0.203 e. The van der Waals surface area contributed by atoms with Gasteiger partial charge in [0.25, 0.3) is 0 Å². The van der Waals surface area contributed by atoms with Crippen molar-refractivity contribution < 1.29 is 24.4 Å². The number of aliphatic hydroxyl groups excluding tert-OH is 2. The fourth-order valence-corrected chi connectivity index (χ4v) is 1.59. The van der Waals surface area contributed by atoms with Crippen molar-refractivity contribution in [2.45, 2.75) is 6.10 Å². The number of methoxy groups -OCH3 is 1. The Hall–Kier alpha value is -1.46. The number of hydrogen-bond donors (Lipinski definition) is 2. The van der Waals surface area contributed by atoms with Crippen LogP contribution in [-0.2, 0) is 0 Å². The second-order valence-corrected chi connectivity index (χ2v) is 3.45. The standard InChI is InChI=1S/C11H14O5/c1-14-9-4-7(8(13)6-12)5-10-11(9)16-3-2-15-10/h4-5,8,12-13H,2-3,6H2,1H3. The van der Waals surface area contributed by atoms with Gasteiger partial charge in [0.1, 0.15) is 19.3 Å². The predicted molar refractivity (Wildman–Crippen MR) is 56.0 cm³/mol. The third kappa shape index (κ3) is 1.91. The van der Waals surface area contributed by atoms with Crippen LogP contribution in [0.1, 0.15) is 11.7 Å². The first kappa shape index (κ1) is 11.0. The molecule has 2 N–H and O–H groups in total. The molecule has 0 saturated carbocycles. The minimum Gasteiger partial charge on any atom is -0.493 e. The first-order chi connectivity index (χ1) is 7.76. The summed E-state index contributed by atoms with van der Waals surface area (Å²) >= 11 is 0. The average Bonchev–Trinajstić information content (AvgIpc) is 2.36. The molecule has 5 nitrogen and oxygen atoms in total. The van der Waals surface area contributed by atoms with E-state index in [2.05, 4.69) is 0 Å². The lowest BCUT2D eigenvalue weighted by Gasteiger charge is -2.22. The largest absolute Gasteiger partial charge is 0.493 e. The van der Waals surface area contributed by atoms with Crippen LogP contribution in [0.25, 0.3) is 0 Å². The molecule has 2 rings (SSSR count). The summed E-state index contributed by atoms with van der Waals surface area (Å²) in [6, 6.07) is 3.28. The number of benzene rings is 1. The van der Waals surface area contributed by atoms with E-state index in [0.29, 0.717) is 36.0 Å². The molecule has 0 spiro atoms.